The number of rotatable bonds is 9. The minimum atomic E-state index is -0.00592. The van der Waals surface area contributed by atoms with Gasteiger partial charge in [0.05, 0.1) is 6.19 Å². The fourth-order valence-electron chi connectivity index (χ4n) is 2.30. The summed E-state index contributed by atoms with van der Waals surface area (Å²) in [5, 5.41) is 3.07. The molecular weight excluding hydrogens is 271 g/mol. The molecule has 1 aromatic heterocycles. The van der Waals surface area contributed by atoms with Crippen LogP contribution in [0.4, 0.5) is 0 Å². The van der Waals surface area contributed by atoms with Crippen LogP contribution in [0.3, 0.4) is 0 Å². The van der Waals surface area contributed by atoms with E-state index in [0.717, 1.165) is 23.3 Å². The van der Waals surface area contributed by atoms with Crippen molar-refractivity contribution in [2.75, 3.05) is 13.7 Å². The van der Waals surface area contributed by atoms with Crippen LogP contribution in [0.1, 0.15) is 44.0 Å². The second-order valence-electron chi connectivity index (χ2n) is 5.27. The summed E-state index contributed by atoms with van der Waals surface area (Å²) in [7, 11) is 3.52. The molecule has 1 unspecified atom stereocenters. The van der Waals surface area contributed by atoms with E-state index >= 15 is 0 Å². The molecule has 1 aromatic rings. The SMILES string of the molecule is CCO[C@@H](CC(C(C)C)N(C)[B]C=O)c1nc(C)cs1. The summed E-state index contributed by atoms with van der Waals surface area (Å²) in [6.45, 7) is 8.98. The lowest BCUT2D eigenvalue weighted by Crippen LogP contribution is -2.40. The normalized spacial score (nSPS) is 14.6. The Balaban J connectivity index is 2.82. The van der Waals surface area contributed by atoms with Crippen LogP contribution in [0.25, 0.3) is 0 Å². The first-order chi connectivity index (χ1) is 9.49. The van der Waals surface area contributed by atoms with E-state index in [-0.39, 0.29) is 12.1 Å². The van der Waals surface area contributed by atoms with Crippen molar-refractivity contribution in [3.63, 3.8) is 0 Å². The van der Waals surface area contributed by atoms with Crippen LogP contribution in [-0.2, 0) is 9.53 Å². The lowest BCUT2D eigenvalue weighted by atomic mass is 9.86. The van der Waals surface area contributed by atoms with Crippen LogP contribution in [0.5, 0.6) is 0 Å². The number of nitrogens with zero attached hydrogens (tertiary/aromatic N) is 2. The molecule has 0 amide bonds. The minimum Gasteiger partial charge on any atom is -0.371 e. The lowest BCUT2D eigenvalue weighted by Gasteiger charge is -2.32. The number of hydrogen-bond donors (Lipinski definition) is 0. The first kappa shape index (κ1) is 17.3. The largest absolute Gasteiger partial charge is 0.371 e. The highest BCUT2D eigenvalue weighted by atomic mass is 32.1. The van der Waals surface area contributed by atoms with Gasteiger partial charge in [0.1, 0.15) is 11.1 Å². The summed E-state index contributed by atoms with van der Waals surface area (Å²) in [4.78, 5) is 17.2. The van der Waals surface area contributed by atoms with Gasteiger partial charge in [0.15, 0.2) is 0 Å². The molecule has 0 aliphatic heterocycles. The molecule has 1 heterocycles. The van der Waals surface area contributed by atoms with Crippen molar-refractivity contribution >= 4 is 24.9 Å². The van der Waals surface area contributed by atoms with Gasteiger partial charge in [0.25, 0.3) is 7.41 Å². The molecule has 111 valence electrons. The maximum Gasteiger partial charge on any atom is 0.293 e. The molecule has 0 bridgehead atoms. The Hall–Kier alpha value is -0.715. The van der Waals surface area contributed by atoms with Crippen molar-refractivity contribution in [2.45, 2.75) is 46.3 Å². The molecule has 0 fully saturated rings. The Morgan fingerprint density at radius 2 is 2.25 bits per heavy atom. The highest BCUT2D eigenvalue weighted by Gasteiger charge is 2.26. The van der Waals surface area contributed by atoms with Gasteiger partial charge in [-0.15, -0.1) is 11.3 Å². The van der Waals surface area contributed by atoms with Gasteiger partial charge in [0.2, 0.25) is 0 Å². The van der Waals surface area contributed by atoms with E-state index in [2.05, 4.69) is 18.8 Å². The molecule has 6 heteroatoms. The Morgan fingerprint density at radius 3 is 2.70 bits per heavy atom. The molecular formula is C14H24BN2O2S. The number of hydrogen-bond acceptors (Lipinski definition) is 5. The second kappa shape index (κ2) is 8.54. The van der Waals surface area contributed by atoms with E-state index < -0.39 is 0 Å². The Bertz CT molecular complexity index is 412. The van der Waals surface area contributed by atoms with Gasteiger partial charge in [-0.3, -0.25) is 0 Å². The van der Waals surface area contributed by atoms with Crippen LogP contribution in [0, 0.1) is 12.8 Å². The molecule has 0 saturated heterocycles. The quantitative estimate of drug-likeness (QED) is 0.519. The zero-order chi connectivity index (χ0) is 15.1. The third-order valence-corrected chi connectivity index (χ3v) is 4.38. The highest BCUT2D eigenvalue weighted by molar-refractivity contribution is 7.09. The highest BCUT2D eigenvalue weighted by Crippen LogP contribution is 2.29. The molecule has 0 aromatic carbocycles. The topological polar surface area (TPSA) is 42.4 Å². The zero-order valence-corrected chi connectivity index (χ0v) is 13.8. The standard InChI is InChI=1S/C14H24BN2O2S/c1-6-19-13(14-16-11(4)8-20-14)7-12(10(2)3)17(5)15-9-18/h8-10,12-13H,6-7H2,1-5H3/t12?,13-/m0/s1. The van der Waals surface area contributed by atoms with E-state index in [4.69, 9.17) is 4.74 Å². The summed E-state index contributed by atoms with van der Waals surface area (Å²) in [5.41, 5.74) is 1.03. The fourth-order valence-corrected chi connectivity index (χ4v) is 3.15. The zero-order valence-electron chi connectivity index (χ0n) is 13.0. The number of carbonyl (C=O) groups is 1. The third kappa shape index (κ3) is 5.00. The molecule has 2 atom stereocenters. The number of carbonyl (C=O) groups excluding carboxylic acids is 1. The van der Waals surface area contributed by atoms with Crippen molar-refractivity contribution in [1.82, 2.24) is 9.79 Å². The second-order valence-corrected chi connectivity index (χ2v) is 6.16. The van der Waals surface area contributed by atoms with Gasteiger partial charge in [-0.05, 0) is 33.2 Å². The molecule has 0 saturated carbocycles. The van der Waals surface area contributed by atoms with Gasteiger partial charge in [-0.1, -0.05) is 13.8 Å². The van der Waals surface area contributed by atoms with Gasteiger partial charge in [0, 0.05) is 23.7 Å². The maximum absolute atomic E-state index is 10.7. The van der Waals surface area contributed by atoms with Gasteiger partial charge < -0.3 is 14.3 Å². The Kier molecular flexibility index (Phi) is 7.41. The number of aryl methyl sites for hydroxylation is 1. The predicted octanol–water partition coefficient (Wildman–Crippen LogP) is 2.69. The summed E-state index contributed by atoms with van der Waals surface area (Å²) >= 11 is 1.64. The molecule has 1 radical (unpaired) electrons. The van der Waals surface area contributed by atoms with E-state index in [1.165, 1.54) is 0 Å². The predicted molar refractivity (Wildman–Crippen MR) is 84.7 cm³/mol. The average molecular weight is 295 g/mol. The van der Waals surface area contributed by atoms with Crippen molar-refractivity contribution in [1.29, 1.82) is 0 Å². The monoisotopic (exact) mass is 295 g/mol. The first-order valence-electron chi connectivity index (χ1n) is 7.03. The van der Waals surface area contributed by atoms with E-state index in [1.807, 2.05) is 31.1 Å². The van der Waals surface area contributed by atoms with Crippen molar-refractivity contribution < 1.29 is 9.53 Å². The van der Waals surface area contributed by atoms with E-state index in [1.54, 1.807) is 18.8 Å². The maximum atomic E-state index is 10.7. The van der Waals surface area contributed by atoms with Crippen molar-refractivity contribution in [3.05, 3.63) is 16.1 Å². The number of ether oxygens (including phenoxy) is 1. The smallest absolute Gasteiger partial charge is 0.293 e. The molecule has 4 nitrogen and oxygen atoms in total. The molecule has 20 heavy (non-hydrogen) atoms. The fraction of sp³-hybridized carbons (Fsp3) is 0.714. The van der Waals surface area contributed by atoms with E-state index in [0.29, 0.717) is 12.5 Å². The molecule has 0 aliphatic carbocycles. The Morgan fingerprint density at radius 1 is 1.55 bits per heavy atom. The van der Waals surface area contributed by atoms with Crippen molar-refractivity contribution in [3.8, 4) is 0 Å². The number of aromatic nitrogens is 1. The molecule has 0 N–H and O–H groups in total. The summed E-state index contributed by atoms with van der Waals surface area (Å²) in [6.07, 6.45) is 1.66. The Labute approximate surface area is 126 Å². The van der Waals surface area contributed by atoms with Crippen LogP contribution in [-0.4, -0.2) is 43.1 Å². The number of thiazole rings is 1. The average Bonchev–Trinajstić information content (AvgIpc) is 2.80. The van der Waals surface area contributed by atoms with Crippen LogP contribution >= 0.6 is 11.3 Å². The van der Waals surface area contributed by atoms with Gasteiger partial charge in [-0.2, -0.15) is 0 Å². The molecule has 1 rings (SSSR count). The van der Waals surface area contributed by atoms with Crippen LogP contribution in [0.15, 0.2) is 5.38 Å². The first-order valence-corrected chi connectivity index (χ1v) is 7.91. The van der Waals surface area contributed by atoms with Crippen LogP contribution in [0.2, 0.25) is 0 Å². The van der Waals surface area contributed by atoms with Gasteiger partial charge >= 0.3 is 0 Å². The molecule has 0 spiro atoms. The van der Waals surface area contributed by atoms with E-state index in [9.17, 15) is 4.79 Å². The summed E-state index contributed by atoms with van der Waals surface area (Å²) in [5.74, 6) is 0.431. The van der Waals surface area contributed by atoms with Gasteiger partial charge in [-0.25, -0.2) is 4.98 Å². The summed E-state index contributed by atoms with van der Waals surface area (Å²) in [6, 6.07) is 0.251. The van der Waals surface area contributed by atoms with Crippen LogP contribution < -0.4 is 0 Å². The minimum absolute atomic E-state index is 0.00592. The lowest BCUT2D eigenvalue weighted by molar-refractivity contribution is 0.0364. The van der Waals surface area contributed by atoms with Crippen molar-refractivity contribution in [2.24, 2.45) is 5.92 Å². The third-order valence-electron chi connectivity index (χ3n) is 3.32. The summed E-state index contributed by atoms with van der Waals surface area (Å²) < 4.78 is 5.87. The molecule has 0 aliphatic rings.